The van der Waals surface area contributed by atoms with Gasteiger partial charge in [0.25, 0.3) is 0 Å². The molecule has 2 rings (SSSR count). The van der Waals surface area contributed by atoms with E-state index < -0.39 is 17.3 Å². The maximum atomic E-state index is 11.4. The number of carboxylic acids is 1. The van der Waals surface area contributed by atoms with Gasteiger partial charge >= 0.3 is 5.97 Å². The van der Waals surface area contributed by atoms with E-state index in [1.165, 1.54) is 0 Å². The van der Waals surface area contributed by atoms with E-state index in [4.69, 9.17) is 9.47 Å². The van der Waals surface area contributed by atoms with Crippen LogP contribution in [-0.4, -0.2) is 25.3 Å². The summed E-state index contributed by atoms with van der Waals surface area (Å²) in [6.45, 7) is 5.95. The van der Waals surface area contributed by atoms with Gasteiger partial charge < -0.3 is 14.6 Å². The molecular weight excluding hydrogens is 244 g/mol. The molecule has 2 unspecified atom stereocenters. The van der Waals surface area contributed by atoms with Gasteiger partial charge in [-0.05, 0) is 11.5 Å². The molecule has 0 aliphatic heterocycles. The standard InChI is InChI=1S/C15H20O4/c1-14(2)12(13(16)17)15(14,3)10-7-6-9(18-4)8-11(10)19-5/h6-8,12H,1-5H3,(H,16,17). The Hall–Kier alpha value is -1.71. The third-order valence-electron chi connectivity index (χ3n) is 4.77. The van der Waals surface area contributed by atoms with Crippen LogP contribution in [0.4, 0.5) is 0 Å². The highest BCUT2D eigenvalue weighted by Crippen LogP contribution is 2.70. The Labute approximate surface area is 113 Å². The molecule has 4 nitrogen and oxygen atoms in total. The molecule has 0 bridgehead atoms. The van der Waals surface area contributed by atoms with Gasteiger partial charge in [0, 0.05) is 17.0 Å². The summed E-state index contributed by atoms with van der Waals surface area (Å²) in [4.78, 5) is 11.4. The Kier molecular flexibility index (Phi) is 3.00. The number of rotatable bonds is 4. The van der Waals surface area contributed by atoms with Gasteiger partial charge in [0.05, 0.1) is 20.1 Å². The van der Waals surface area contributed by atoms with E-state index in [9.17, 15) is 9.90 Å². The number of ether oxygens (including phenoxy) is 2. The Morgan fingerprint density at radius 3 is 2.26 bits per heavy atom. The number of carbonyl (C=O) groups is 1. The molecule has 1 aromatic carbocycles. The van der Waals surface area contributed by atoms with Crippen molar-refractivity contribution in [3.63, 3.8) is 0 Å². The molecule has 1 saturated carbocycles. The predicted octanol–water partition coefficient (Wildman–Crippen LogP) is 2.70. The van der Waals surface area contributed by atoms with Crippen LogP contribution in [-0.2, 0) is 10.2 Å². The van der Waals surface area contributed by atoms with Crippen molar-refractivity contribution in [1.82, 2.24) is 0 Å². The summed E-state index contributed by atoms with van der Waals surface area (Å²) in [7, 11) is 3.18. The fourth-order valence-corrected chi connectivity index (χ4v) is 3.27. The lowest BCUT2D eigenvalue weighted by Gasteiger charge is -2.19. The molecule has 1 aliphatic carbocycles. The Morgan fingerprint density at radius 2 is 1.84 bits per heavy atom. The quantitative estimate of drug-likeness (QED) is 0.908. The number of methoxy groups -OCH3 is 2. The molecule has 19 heavy (non-hydrogen) atoms. The fraction of sp³-hybridized carbons (Fsp3) is 0.533. The molecule has 1 fully saturated rings. The molecular formula is C15H20O4. The first-order valence-corrected chi connectivity index (χ1v) is 6.26. The average molecular weight is 264 g/mol. The third-order valence-corrected chi connectivity index (χ3v) is 4.77. The van der Waals surface area contributed by atoms with Crippen molar-refractivity contribution in [2.24, 2.45) is 11.3 Å². The second-order valence-electron chi connectivity index (χ2n) is 5.76. The highest BCUT2D eigenvalue weighted by Gasteiger charge is 2.73. The van der Waals surface area contributed by atoms with E-state index in [-0.39, 0.29) is 5.41 Å². The molecule has 104 valence electrons. The monoisotopic (exact) mass is 264 g/mol. The summed E-state index contributed by atoms with van der Waals surface area (Å²) in [6.07, 6.45) is 0. The summed E-state index contributed by atoms with van der Waals surface area (Å²) in [5, 5.41) is 9.38. The van der Waals surface area contributed by atoms with Crippen molar-refractivity contribution in [1.29, 1.82) is 0 Å². The maximum Gasteiger partial charge on any atom is 0.307 e. The van der Waals surface area contributed by atoms with Crippen LogP contribution < -0.4 is 9.47 Å². The van der Waals surface area contributed by atoms with Crippen LogP contribution in [0.2, 0.25) is 0 Å². The molecule has 0 saturated heterocycles. The van der Waals surface area contributed by atoms with Crippen LogP contribution in [0.15, 0.2) is 18.2 Å². The van der Waals surface area contributed by atoms with Crippen LogP contribution in [0.3, 0.4) is 0 Å². The van der Waals surface area contributed by atoms with Crippen molar-refractivity contribution < 1.29 is 19.4 Å². The minimum absolute atomic E-state index is 0.291. The largest absolute Gasteiger partial charge is 0.497 e. The van der Waals surface area contributed by atoms with E-state index in [0.29, 0.717) is 11.5 Å². The van der Waals surface area contributed by atoms with Crippen molar-refractivity contribution in [2.75, 3.05) is 14.2 Å². The van der Waals surface area contributed by atoms with Gasteiger partial charge in [0.15, 0.2) is 0 Å². The highest BCUT2D eigenvalue weighted by molar-refractivity contribution is 5.80. The zero-order chi connectivity index (χ0) is 14.4. The number of hydrogen-bond acceptors (Lipinski definition) is 3. The summed E-state index contributed by atoms with van der Waals surface area (Å²) in [6, 6.07) is 5.55. The maximum absolute atomic E-state index is 11.4. The smallest absolute Gasteiger partial charge is 0.307 e. The van der Waals surface area contributed by atoms with Gasteiger partial charge in [0.1, 0.15) is 11.5 Å². The SMILES string of the molecule is COc1ccc(C2(C)C(C(=O)O)C2(C)C)c(OC)c1. The average Bonchev–Trinajstić information content (AvgIpc) is 2.83. The zero-order valence-electron chi connectivity index (χ0n) is 12.0. The first-order valence-electron chi connectivity index (χ1n) is 6.26. The second-order valence-corrected chi connectivity index (χ2v) is 5.76. The topological polar surface area (TPSA) is 55.8 Å². The summed E-state index contributed by atoms with van der Waals surface area (Å²) < 4.78 is 10.6. The second kappa shape index (κ2) is 4.15. The number of aliphatic carboxylic acids is 1. The molecule has 1 aliphatic rings. The molecule has 0 amide bonds. The van der Waals surface area contributed by atoms with Crippen molar-refractivity contribution >= 4 is 5.97 Å². The molecule has 0 spiro atoms. The number of benzene rings is 1. The van der Waals surface area contributed by atoms with E-state index in [1.54, 1.807) is 20.3 Å². The van der Waals surface area contributed by atoms with Gasteiger partial charge in [-0.15, -0.1) is 0 Å². The summed E-state index contributed by atoms with van der Waals surface area (Å²) >= 11 is 0. The normalized spacial score (nSPS) is 27.7. The van der Waals surface area contributed by atoms with E-state index in [0.717, 1.165) is 5.56 Å². The fourth-order valence-electron chi connectivity index (χ4n) is 3.27. The van der Waals surface area contributed by atoms with Crippen LogP contribution in [0.25, 0.3) is 0 Å². The van der Waals surface area contributed by atoms with Crippen molar-refractivity contribution in [3.05, 3.63) is 23.8 Å². The lowest BCUT2D eigenvalue weighted by molar-refractivity contribution is -0.139. The van der Waals surface area contributed by atoms with Crippen molar-refractivity contribution in [3.8, 4) is 11.5 Å². The first-order chi connectivity index (χ1) is 8.80. The van der Waals surface area contributed by atoms with Crippen LogP contribution in [0.5, 0.6) is 11.5 Å². The Balaban J connectivity index is 2.51. The van der Waals surface area contributed by atoms with Crippen LogP contribution >= 0.6 is 0 Å². The molecule has 0 heterocycles. The Morgan fingerprint density at radius 1 is 1.21 bits per heavy atom. The molecule has 4 heteroatoms. The van der Waals surface area contributed by atoms with Gasteiger partial charge in [-0.2, -0.15) is 0 Å². The zero-order valence-corrected chi connectivity index (χ0v) is 12.0. The van der Waals surface area contributed by atoms with E-state index in [2.05, 4.69) is 0 Å². The molecule has 1 N–H and O–H groups in total. The van der Waals surface area contributed by atoms with E-state index in [1.807, 2.05) is 32.9 Å². The molecule has 2 atom stereocenters. The number of carboxylic acid groups (broad SMARTS) is 1. The van der Waals surface area contributed by atoms with Crippen molar-refractivity contribution in [2.45, 2.75) is 26.2 Å². The molecule has 0 radical (unpaired) electrons. The molecule has 0 aromatic heterocycles. The van der Waals surface area contributed by atoms with Gasteiger partial charge in [-0.25, -0.2) is 0 Å². The van der Waals surface area contributed by atoms with Crippen LogP contribution in [0, 0.1) is 11.3 Å². The van der Waals surface area contributed by atoms with Crippen LogP contribution in [0.1, 0.15) is 26.3 Å². The van der Waals surface area contributed by atoms with E-state index >= 15 is 0 Å². The summed E-state index contributed by atoms with van der Waals surface area (Å²) in [5.41, 5.74) is 0.213. The van der Waals surface area contributed by atoms with Gasteiger partial charge in [0.2, 0.25) is 0 Å². The molecule has 1 aromatic rings. The number of hydrogen-bond donors (Lipinski definition) is 1. The third kappa shape index (κ3) is 1.70. The first kappa shape index (κ1) is 13.7. The predicted molar refractivity (Wildman–Crippen MR) is 71.8 cm³/mol. The highest BCUT2D eigenvalue weighted by atomic mass is 16.5. The van der Waals surface area contributed by atoms with Gasteiger partial charge in [-0.1, -0.05) is 26.8 Å². The summed E-state index contributed by atoms with van der Waals surface area (Å²) in [5.74, 6) is 0.223. The van der Waals surface area contributed by atoms with Gasteiger partial charge in [-0.3, -0.25) is 4.79 Å². The minimum Gasteiger partial charge on any atom is -0.497 e. The minimum atomic E-state index is -0.759. The lowest BCUT2D eigenvalue weighted by atomic mass is 9.89. The Bertz CT molecular complexity index is 521. The lowest BCUT2D eigenvalue weighted by Crippen LogP contribution is -2.13.